The minimum Gasteiger partial charge on any atom is -0.317 e. The lowest BCUT2D eigenvalue weighted by Gasteiger charge is -2.35. The standard InChI is InChI=1S/C16H25ClN2/c1-13(2)11-19(16-7-9-18-10-8-16)12-14-3-5-15(17)6-4-14/h3-6,13,16,18H,7-12H2,1-2H3. The molecule has 1 saturated heterocycles. The highest BCUT2D eigenvalue weighted by Crippen LogP contribution is 2.18. The molecule has 1 fully saturated rings. The SMILES string of the molecule is CC(C)CN(Cc1ccc(Cl)cc1)C1CCNCC1. The van der Waals surface area contributed by atoms with E-state index >= 15 is 0 Å². The first-order chi connectivity index (χ1) is 9.15. The Morgan fingerprint density at radius 1 is 1.21 bits per heavy atom. The van der Waals surface area contributed by atoms with Crippen molar-refractivity contribution in [2.75, 3.05) is 19.6 Å². The lowest BCUT2D eigenvalue weighted by molar-refractivity contribution is 0.137. The van der Waals surface area contributed by atoms with Crippen molar-refractivity contribution in [1.29, 1.82) is 0 Å². The number of hydrogen-bond acceptors (Lipinski definition) is 2. The maximum atomic E-state index is 5.96. The lowest BCUT2D eigenvalue weighted by atomic mass is 10.0. The summed E-state index contributed by atoms with van der Waals surface area (Å²) in [5.41, 5.74) is 1.36. The Bertz CT molecular complexity index is 369. The van der Waals surface area contributed by atoms with Gasteiger partial charge in [0.25, 0.3) is 0 Å². The number of rotatable bonds is 5. The lowest BCUT2D eigenvalue weighted by Crippen LogP contribution is -2.44. The number of nitrogens with zero attached hydrogens (tertiary/aromatic N) is 1. The van der Waals surface area contributed by atoms with Crippen molar-refractivity contribution in [3.05, 3.63) is 34.9 Å². The van der Waals surface area contributed by atoms with Crippen LogP contribution in [-0.2, 0) is 6.54 Å². The second-order valence-electron chi connectivity index (χ2n) is 5.93. The minimum atomic E-state index is 0.710. The van der Waals surface area contributed by atoms with Crippen molar-refractivity contribution in [1.82, 2.24) is 10.2 Å². The Kier molecular flexibility index (Phi) is 5.68. The summed E-state index contributed by atoms with van der Waals surface area (Å²) in [6.45, 7) is 9.12. The quantitative estimate of drug-likeness (QED) is 0.887. The van der Waals surface area contributed by atoms with Crippen LogP contribution >= 0.6 is 11.6 Å². The average molecular weight is 281 g/mol. The predicted molar refractivity (Wildman–Crippen MR) is 82.6 cm³/mol. The molecule has 1 aliphatic rings. The molecule has 2 rings (SSSR count). The normalized spacial score (nSPS) is 17.3. The number of nitrogens with one attached hydrogen (secondary N) is 1. The van der Waals surface area contributed by atoms with E-state index in [1.165, 1.54) is 24.9 Å². The minimum absolute atomic E-state index is 0.710. The molecule has 3 heteroatoms. The molecule has 0 amide bonds. The molecule has 1 N–H and O–H groups in total. The Morgan fingerprint density at radius 2 is 1.84 bits per heavy atom. The van der Waals surface area contributed by atoms with Gasteiger partial charge in [-0.1, -0.05) is 37.6 Å². The summed E-state index contributed by atoms with van der Waals surface area (Å²) >= 11 is 5.96. The largest absolute Gasteiger partial charge is 0.317 e. The molecule has 0 aromatic heterocycles. The van der Waals surface area contributed by atoms with Crippen LogP contribution in [-0.4, -0.2) is 30.6 Å². The van der Waals surface area contributed by atoms with Gasteiger partial charge in [0.05, 0.1) is 0 Å². The van der Waals surface area contributed by atoms with Gasteiger partial charge in [-0.3, -0.25) is 4.90 Å². The van der Waals surface area contributed by atoms with Crippen molar-refractivity contribution in [3.63, 3.8) is 0 Å². The van der Waals surface area contributed by atoms with Crippen LogP contribution in [0.5, 0.6) is 0 Å². The van der Waals surface area contributed by atoms with Gasteiger partial charge in [-0.25, -0.2) is 0 Å². The third-order valence-electron chi connectivity index (χ3n) is 3.72. The molecular formula is C16H25ClN2. The number of benzene rings is 1. The van der Waals surface area contributed by atoms with Gasteiger partial charge in [-0.2, -0.15) is 0 Å². The number of halogens is 1. The van der Waals surface area contributed by atoms with Crippen LogP contribution < -0.4 is 5.32 Å². The maximum absolute atomic E-state index is 5.96. The van der Waals surface area contributed by atoms with E-state index in [0.29, 0.717) is 5.92 Å². The molecule has 19 heavy (non-hydrogen) atoms. The fraction of sp³-hybridized carbons (Fsp3) is 0.625. The maximum Gasteiger partial charge on any atom is 0.0406 e. The van der Waals surface area contributed by atoms with Gasteiger partial charge in [-0.15, -0.1) is 0 Å². The summed E-state index contributed by atoms with van der Waals surface area (Å²) in [6, 6.07) is 9.01. The van der Waals surface area contributed by atoms with E-state index < -0.39 is 0 Å². The first-order valence-electron chi connectivity index (χ1n) is 7.34. The topological polar surface area (TPSA) is 15.3 Å². The summed E-state index contributed by atoms with van der Waals surface area (Å²) < 4.78 is 0. The summed E-state index contributed by atoms with van der Waals surface area (Å²) in [5, 5.41) is 4.27. The van der Waals surface area contributed by atoms with E-state index in [1.807, 2.05) is 12.1 Å². The fourth-order valence-corrected chi connectivity index (χ4v) is 2.93. The van der Waals surface area contributed by atoms with Crippen LogP contribution in [0.25, 0.3) is 0 Å². The van der Waals surface area contributed by atoms with Gasteiger partial charge in [-0.05, 0) is 49.5 Å². The summed E-state index contributed by atoms with van der Waals surface area (Å²) in [5.74, 6) is 0.710. The van der Waals surface area contributed by atoms with Gasteiger partial charge in [0.2, 0.25) is 0 Å². The molecule has 0 bridgehead atoms. The van der Waals surface area contributed by atoms with E-state index in [1.54, 1.807) is 0 Å². The Hall–Kier alpha value is -0.570. The van der Waals surface area contributed by atoms with Gasteiger partial charge >= 0.3 is 0 Å². The van der Waals surface area contributed by atoms with E-state index in [9.17, 15) is 0 Å². The van der Waals surface area contributed by atoms with Crippen LogP contribution in [0.2, 0.25) is 5.02 Å². The van der Waals surface area contributed by atoms with Crippen LogP contribution in [0, 0.1) is 5.92 Å². The fourth-order valence-electron chi connectivity index (χ4n) is 2.81. The van der Waals surface area contributed by atoms with Gasteiger partial charge in [0.1, 0.15) is 0 Å². The first-order valence-corrected chi connectivity index (χ1v) is 7.72. The Morgan fingerprint density at radius 3 is 2.42 bits per heavy atom. The molecule has 1 heterocycles. The van der Waals surface area contributed by atoms with Crippen molar-refractivity contribution < 1.29 is 0 Å². The third kappa shape index (κ3) is 4.79. The Labute approximate surface area is 122 Å². The molecule has 2 nitrogen and oxygen atoms in total. The predicted octanol–water partition coefficient (Wildman–Crippen LogP) is 3.55. The molecule has 1 aromatic rings. The van der Waals surface area contributed by atoms with E-state index in [4.69, 9.17) is 11.6 Å². The van der Waals surface area contributed by atoms with Crippen LogP contribution in [0.3, 0.4) is 0 Å². The zero-order chi connectivity index (χ0) is 13.7. The summed E-state index contributed by atoms with van der Waals surface area (Å²) in [6.07, 6.45) is 2.53. The zero-order valence-electron chi connectivity index (χ0n) is 12.0. The molecule has 0 unspecified atom stereocenters. The van der Waals surface area contributed by atoms with Gasteiger partial charge < -0.3 is 5.32 Å². The summed E-state index contributed by atoms with van der Waals surface area (Å²) in [4.78, 5) is 2.65. The average Bonchev–Trinajstić information content (AvgIpc) is 2.41. The van der Waals surface area contributed by atoms with Crippen molar-refractivity contribution in [2.45, 2.75) is 39.3 Å². The zero-order valence-corrected chi connectivity index (χ0v) is 12.8. The second kappa shape index (κ2) is 7.28. The van der Waals surface area contributed by atoms with Crippen LogP contribution in [0.1, 0.15) is 32.3 Å². The van der Waals surface area contributed by atoms with Crippen molar-refractivity contribution >= 4 is 11.6 Å². The van der Waals surface area contributed by atoms with Gasteiger partial charge in [0, 0.05) is 24.2 Å². The molecule has 106 valence electrons. The molecular weight excluding hydrogens is 256 g/mol. The second-order valence-corrected chi connectivity index (χ2v) is 6.37. The Balaban J connectivity index is 2.01. The molecule has 1 aromatic carbocycles. The number of hydrogen-bond donors (Lipinski definition) is 1. The van der Waals surface area contributed by atoms with Crippen LogP contribution in [0.15, 0.2) is 24.3 Å². The van der Waals surface area contributed by atoms with Gasteiger partial charge in [0.15, 0.2) is 0 Å². The third-order valence-corrected chi connectivity index (χ3v) is 3.98. The van der Waals surface area contributed by atoms with E-state index in [0.717, 1.165) is 30.7 Å². The van der Waals surface area contributed by atoms with Crippen molar-refractivity contribution in [2.24, 2.45) is 5.92 Å². The molecule has 1 aliphatic heterocycles. The van der Waals surface area contributed by atoms with E-state index in [2.05, 4.69) is 36.2 Å². The molecule has 0 aliphatic carbocycles. The molecule has 0 spiro atoms. The monoisotopic (exact) mass is 280 g/mol. The van der Waals surface area contributed by atoms with E-state index in [-0.39, 0.29) is 0 Å². The van der Waals surface area contributed by atoms with Crippen LogP contribution in [0.4, 0.5) is 0 Å². The molecule has 0 saturated carbocycles. The van der Waals surface area contributed by atoms with Crippen molar-refractivity contribution in [3.8, 4) is 0 Å². The highest BCUT2D eigenvalue weighted by Gasteiger charge is 2.21. The molecule has 0 radical (unpaired) electrons. The smallest absolute Gasteiger partial charge is 0.0406 e. The number of piperidine rings is 1. The summed E-state index contributed by atoms with van der Waals surface area (Å²) in [7, 11) is 0. The first kappa shape index (κ1) is 14.8. The highest BCUT2D eigenvalue weighted by atomic mass is 35.5. The molecule has 0 atom stereocenters. The highest BCUT2D eigenvalue weighted by molar-refractivity contribution is 6.30.